The zero-order chi connectivity index (χ0) is 15.7. The van der Waals surface area contributed by atoms with E-state index in [1.807, 2.05) is 0 Å². The number of rotatable bonds is 4. The molecule has 0 aromatic heterocycles. The first-order chi connectivity index (χ1) is 10.5. The summed E-state index contributed by atoms with van der Waals surface area (Å²) in [5, 5.41) is 0.491. The fraction of sp³-hybridized carbons (Fsp3) is 0.0667. The summed E-state index contributed by atoms with van der Waals surface area (Å²) in [5.74, 6) is -2.12. The van der Waals surface area contributed by atoms with Crippen LogP contribution in [0.15, 0.2) is 59.5 Å². The lowest BCUT2D eigenvalue weighted by molar-refractivity contribution is -0.0731. The van der Waals surface area contributed by atoms with Crippen LogP contribution in [0.25, 0.3) is 0 Å². The predicted octanol–water partition coefficient (Wildman–Crippen LogP) is 1.65. The van der Waals surface area contributed by atoms with Crippen LogP contribution < -0.4 is 0 Å². The van der Waals surface area contributed by atoms with E-state index in [0.29, 0.717) is 5.06 Å². The smallest absolute Gasteiger partial charge is 0.266 e. The average molecular weight is 317 g/mol. The monoisotopic (exact) mass is 317 g/mol. The van der Waals surface area contributed by atoms with Crippen LogP contribution >= 0.6 is 0 Å². The van der Waals surface area contributed by atoms with E-state index in [1.54, 1.807) is 30.3 Å². The van der Waals surface area contributed by atoms with Crippen molar-refractivity contribution in [3.8, 4) is 0 Å². The minimum Gasteiger partial charge on any atom is -0.266 e. The fourth-order valence-corrected chi connectivity index (χ4v) is 3.05. The van der Waals surface area contributed by atoms with E-state index in [9.17, 15) is 18.0 Å². The van der Waals surface area contributed by atoms with Crippen LogP contribution in [0.5, 0.6) is 0 Å². The summed E-state index contributed by atoms with van der Waals surface area (Å²) in [6, 6.07) is 13.9. The van der Waals surface area contributed by atoms with Crippen molar-refractivity contribution in [2.45, 2.75) is 4.90 Å². The van der Waals surface area contributed by atoms with E-state index in [1.165, 1.54) is 24.3 Å². The third-order valence-corrected chi connectivity index (χ3v) is 4.60. The number of hydrogen-bond donors (Lipinski definition) is 0. The molecule has 0 N–H and O–H groups in total. The van der Waals surface area contributed by atoms with Gasteiger partial charge in [0.1, 0.15) is 0 Å². The van der Waals surface area contributed by atoms with Gasteiger partial charge in [0.25, 0.3) is 11.8 Å². The number of benzene rings is 2. The van der Waals surface area contributed by atoms with Crippen LogP contribution in [0, 0.1) is 0 Å². The average Bonchev–Trinajstić information content (AvgIpc) is 2.78. The summed E-state index contributed by atoms with van der Waals surface area (Å²) in [4.78, 5) is 29.1. The standard InChI is InChI=1S/C15H11NO5S/c17-14-12-8-4-5-9-13(12)15(18)16(14)21-10-22(19,20)11-6-2-1-3-7-11/h1-9H,10H2. The lowest BCUT2D eigenvalue weighted by Gasteiger charge is -2.13. The highest BCUT2D eigenvalue weighted by Crippen LogP contribution is 2.23. The van der Waals surface area contributed by atoms with Crippen LogP contribution in [-0.2, 0) is 14.7 Å². The van der Waals surface area contributed by atoms with Crippen molar-refractivity contribution in [2.75, 3.05) is 5.94 Å². The Morgan fingerprint density at radius 1 is 0.818 bits per heavy atom. The first kappa shape index (κ1) is 14.4. The molecule has 1 aliphatic rings. The van der Waals surface area contributed by atoms with Crippen molar-refractivity contribution in [1.29, 1.82) is 0 Å². The molecule has 0 bridgehead atoms. The highest BCUT2D eigenvalue weighted by atomic mass is 32.2. The summed E-state index contributed by atoms with van der Waals surface area (Å²) in [5.41, 5.74) is 0.397. The molecule has 112 valence electrons. The Morgan fingerprint density at radius 2 is 1.32 bits per heavy atom. The number of hydrogen-bond acceptors (Lipinski definition) is 5. The minimum atomic E-state index is -3.75. The van der Waals surface area contributed by atoms with Crippen LogP contribution in [0.4, 0.5) is 0 Å². The number of hydroxylamine groups is 2. The Labute approximate surface area is 126 Å². The van der Waals surface area contributed by atoms with Crippen molar-refractivity contribution in [3.05, 3.63) is 65.7 Å². The maximum atomic E-state index is 12.1. The number of carbonyl (C=O) groups is 2. The first-order valence-electron chi connectivity index (χ1n) is 6.39. The molecule has 7 heteroatoms. The van der Waals surface area contributed by atoms with Gasteiger partial charge in [-0.05, 0) is 24.3 Å². The van der Waals surface area contributed by atoms with Crippen molar-refractivity contribution < 1.29 is 22.8 Å². The molecule has 0 aliphatic carbocycles. The molecule has 6 nitrogen and oxygen atoms in total. The molecule has 2 amide bonds. The maximum Gasteiger partial charge on any atom is 0.285 e. The summed E-state index contributed by atoms with van der Waals surface area (Å²) < 4.78 is 24.2. The largest absolute Gasteiger partial charge is 0.285 e. The molecule has 1 aliphatic heterocycles. The number of fused-ring (bicyclic) bond motifs is 1. The molecule has 2 aromatic rings. The Bertz CT molecular complexity index is 810. The van der Waals surface area contributed by atoms with Gasteiger partial charge in [0.2, 0.25) is 9.84 Å². The third kappa shape index (κ3) is 2.40. The van der Waals surface area contributed by atoms with Gasteiger partial charge >= 0.3 is 0 Å². The van der Waals surface area contributed by atoms with Crippen LogP contribution in [0.2, 0.25) is 0 Å². The zero-order valence-electron chi connectivity index (χ0n) is 11.3. The van der Waals surface area contributed by atoms with Crippen LogP contribution in [-0.4, -0.2) is 31.2 Å². The summed E-state index contributed by atoms with van der Waals surface area (Å²) in [6.45, 7) is 0. The van der Waals surface area contributed by atoms with Gasteiger partial charge in [0, 0.05) is 0 Å². The number of amides is 2. The van der Waals surface area contributed by atoms with E-state index in [4.69, 9.17) is 4.84 Å². The van der Waals surface area contributed by atoms with E-state index in [2.05, 4.69) is 0 Å². The van der Waals surface area contributed by atoms with Crippen LogP contribution in [0.3, 0.4) is 0 Å². The molecule has 0 radical (unpaired) electrons. The second-order valence-electron chi connectivity index (χ2n) is 4.63. The van der Waals surface area contributed by atoms with Crippen molar-refractivity contribution >= 4 is 21.7 Å². The molecule has 22 heavy (non-hydrogen) atoms. The second kappa shape index (κ2) is 5.36. The predicted molar refractivity (Wildman–Crippen MR) is 76.5 cm³/mol. The van der Waals surface area contributed by atoms with Gasteiger partial charge in [0.05, 0.1) is 16.0 Å². The molecule has 3 rings (SSSR count). The molecule has 0 fully saturated rings. The van der Waals surface area contributed by atoms with Gasteiger partial charge in [-0.15, -0.1) is 5.06 Å². The molecular weight excluding hydrogens is 306 g/mol. The Balaban J connectivity index is 1.79. The SMILES string of the molecule is O=C1c2ccccc2C(=O)N1OCS(=O)(=O)c1ccccc1. The number of imide groups is 1. The number of carbonyl (C=O) groups excluding carboxylic acids is 2. The lowest BCUT2D eigenvalue weighted by Crippen LogP contribution is -2.32. The summed E-state index contributed by atoms with van der Waals surface area (Å²) in [7, 11) is -3.75. The number of sulfone groups is 1. The summed E-state index contributed by atoms with van der Waals surface area (Å²) >= 11 is 0. The van der Waals surface area contributed by atoms with E-state index < -0.39 is 27.6 Å². The van der Waals surface area contributed by atoms with Gasteiger partial charge < -0.3 is 0 Å². The molecular formula is C15H11NO5S. The molecule has 0 saturated carbocycles. The van der Waals surface area contributed by atoms with E-state index in [-0.39, 0.29) is 16.0 Å². The van der Waals surface area contributed by atoms with Crippen LogP contribution in [0.1, 0.15) is 20.7 Å². The Kier molecular flexibility index (Phi) is 3.51. The Hall–Kier alpha value is -2.51. The quantitative estimate of drug-likeness (QED) is 0.801. The van der Waals surface area contributed by atoms with Gasteiger partial charge in [-0.25, -0.2) is 13.3 Å². The molecule has 0 saturated heterocycles. The molecule has 0 atom stereocenters. The Morgan fingerprint density at radius 3 is 1.86 bits per heavy atom. The van der Waals surface area contributed by atoms with Gasteiger partial charge in [-0.3, -0.25) is 9.59 Å². The second-order valence-corrected chi connectivity index (χ2v) is 6.56. The highest BCUT2D eigenvalue weighted by Gasteiger charge is 2.37. The molecule has 2 aromatic carbocycles. The van der Waals surface area contributed by atoms with Gasteiger partial charge in [-0.1, -0.05) is 30.3 Å². The lowest BCUT2D eigenvalue weighted by atomic mass is 10.1. The normalized spacial score (nSPS) is 14.3. The van der Waals surface area contributed by atoms with Gasteiger partial charge in [-0.2, -0.15) is 0 Å². The van der Waals surface area contributed by atoms with Crippen molar-refractivity contribution in [2.24, 2.45) is 0 Å². The minimum absolute atomic E-state index is 0.0617. The van der Waals surface area contributed by atoms with E-state index in [0.717, 1.165) is 0 Å². The first-order valence-corrected chi connectivity index (χ1v) is 8.04. The molecule has 1 heterocycles. The fourth-order valence-electron chi connectivity index (χ4n) is 2.10. The topological polar surface area (TPSA) is 80.8 Å². The maximum absolute atomic E-state index is 12.1. The van der Waals surface area contributed by atoms with Crippen molar-refractivity contribution in [3.63, 3.8) is 0 Å². The molecule has 0 unspecified atom stereocenters. The third-order valence-electron chi connectivity index (χ3n) is 3.20. The van der Waals surface area contributed by atoms with E-state index >= 15 is 0 Å². The van der Waals surface area contributed by atoms with Gasteiger partial charge in [0.15, 0.2) is 5.94 Å². The zero-order valence-corrected chi connectivity index (χ0v) is 12.1. The summed E-state index contributed by atoms with van der Waals surface area (Å²) in [6.07, 6.45) is 0. The number of nitrogens with zero attached hydrogens (tertiary/aromatic N) is 1. The molecule has 0 spiro atoms. The highest BCUT2D eigenvalue weighted by molar-refractivity contribution is 7.91. The van der Waals surface area contributed by atoms with Crippen molar-refractivity contribution in [1.82, 2.24) is 5.06 Å².